The summed E-state index contributed by atoms with van der Waals surface area (Å²) >= 11 is 3.56. The molecule has 0 aliphatic carbocycles. The van der Waals surface area contributed by atoms with Crippen molar-refractivity contribution in [2.75, 3.05) is 37.3 Å². The van der Waals surface area contributed by atoms with E-state index < -0.39 is 10.0 Å². The molecule has 0 bridgehead atoms. The highest BCUT2D eigenvalue weighted by Crippen LogP contribution is 2.28. The predicted octanol–water partition coefficient (Wildman–Crippen LogP) is 1.84. The van der Waals surface area contributed by atoms with E-state index in [4.69, 9.17) is 0 Å². The van der Waals surface area contributed by atoms with Crippen molar-refractivity contribution >= 4 is 31.6 Å². The Morgan fingerprint density at radius 1 is 1.17 bits per heavy atom. The molecule has 1 heterocycles. The molecule has 1 aromatic rings. The lowest BCUT2D eigenvalue weighted by Crippen LogP contribution is -2.48. The van der Waals surface area contributed by atoms with E-state index >= 15 is 0 Å². The summed E-state index contributed by atoms with van der Waals surface area (Å²) < 4.78 is 25.5. The molecule has 0 spiro atoms. The Bertz CT molecular complexity index is 537. The Kier molecular flexibility index (Phi) is 3.99. The van der Waals surface area contributed by atoms with Crippen molar-refractivity contribution in [3.05, 3.63) is 28.2 Å². The molecule has 1 aliphatic rings. The van der Waals surface area contributed by atoms with Gasteiger partial charge < -0.3 is 4.90 Å². The molecule has 6 heteroatoms. The Morgan fingerprint density at radius 2 is 1.78 bits per heavy atom. The van der Waals surface area contributed by atoms with Gasteiger partial charge in [0.05, 0.1) is 11.9 Å². The molecule has 0 unspecified atom stereocenters. The first-order chi connectivity index (χ1) is 8.38. The van der Waals surface area contributed by atoms with Crippen LogP contribution in [0.2, 0.25) is 0 Å². The van der Waals surface area contributed by atoms with Gasteiger partial charge >= 0.3 is 0 Å². The fourth-order valence-electron chi connectivity index (χ4n) is 2.13. The number of hydrogen-bond donors (Lipinski definition) is 0. The zero-order valence-corrected chi connectivity index (χ0v) is 13.0. The second-order valence-corrected chi connectivity index (χ2v) is 7.44. The van der Waals surface area contributed by atoms with Gasteiger partial charge in [-0.2, -0.15) is 4.31 Å². The number of piperazine rings is 1. The van der Waals surface area contributed by atoms with Gasteiger partial charge in [-0.25, -0.2) is 8.42 Å². The lowest BCUT2D eigenvalue weighted by atomic mass is 10.2. The van der Waals surface area contributed by atoms with Crippen LogP contribution in [0.3, 0.4) is 0 Å². The number of nitrogens with zero attached hydrogens (tertiary/aromatic N) is 2. The average molecular weight is 333 g/mol. The molecule has 1 fully saturated rings. The normalized spacial score (nSPS) is 18.1. The number of sulfonamides is 1. The van der Waals surface area contributed by atoms with Crippen LogP contribution in [0.15, 0.2) is 22.7 Å². The van der Waals surface area contributed by atoms with E-state index in [0.717, 1.165) is 23.2 Å². The standard InChI is InChI=1S/C12H17BrN2O2S/c1-10-3-4-12(11(13)9-10)14-5-7-15(8-6-14)18(2,16)17/h3-4,9H,5-8H2,1-2H3. The minimum Gasteiger partial charge on any atom is -0.368 e. The molecule has 0 N–H and O–H groups in total. The second-order valence-electron chi connectivity index (χ2n) is 4.60. The smallest absolute Gasteiger partial charge is 0.211 e. The molecular formula is C12H17BrN2O2S. The van der Waals surface area contributed by atoms with E-state index in [-0.39, 0.29) is 0 Å². The van der Waals surface area contributed by atoms with Gasteiger partial charge in [-0.1, -0.05) is 6.07 Å². The van der Waals surface area contributed by atoms with Crippen LogP contribution in [0, 0.1) is 6.92 Å². The highest BCUT2D eigenvalue weighted by atomic mass is 79.9. The number of benzene rings is 1. The van der Waals surface area contributed by atoms with Crippen LogP contribution in [0.1, 0.15) is 5.56 Å². The van der Waals surface area contributed by atoms with Gasteiger partial charge in [-0.3, -0.25) is 0 Å². The van der Waals surface area contributed by atoms with Crippen LogP contribution in [0.25, 0.3) is 0 Å². The van der Waals surface area contributed by atoms with Gasteiger partial charge in [-0.05, 0) is 40.5 Å². The first kappa shape index (κ1) is 13.8. The Balaban J connectivity index is 2.10. The first-order valence-electron chi connectivity index (χ1n) is 5.84. The van der Waals surface area contributed by atoms with E-state index in [2.05, 4.69) is 46.0 Å². The number of anilines is 1. The molecule has 0 amide bonds. The molecule has 18 heavy (non-hydrogen) atoms. The van der Waals surface area contributed by atoms with E-state index in [0.29, 0.717) is 13.1 Å². The van der Waals surface area contributed by atoms with Crippen molar-refractivity contribution < 1.29 is 8.42 Å². The molecule has 0 atom stereocenters. The molecule has 0 aromatic heterocycles. The summed E-state index contributed by atoms with van der Waals surface area (Å²) in [5, 5.41) is 0. The Hall–Kier alpha value is -0.590. The van der Waals surface area contributed by atoms with Crippen LogP contribution in [0.5, 0.6) is 0 Å². The molecule has 0 radical (unpaired) electrons. The van der Waals surface area contributed by atoms with Gasteiger partial charge in [0.15, 0.2) is 0 Å². The van der Waals surface area contributed by atoms with Crippen LogP contribution < -0.4 is 4.90 Å². The fourth-order valence-corrected chi connectivity index (χ4v) is 3.70. The summed E-state index contributed by atoms with van der Waals surface area (Å²) in [6.07, 6.45) is 1.27. The van der Waals surface area contributed by atoms with Gasteiger partial charge in [0.1, 0.15) is 0 Å². The van der Waals surface area contributed by atoms with Crippen molar-refractivity contribution in [1.82, 2.24) is 4.31 Å². The minimum atomic E-state index is -3.05. The third-order valence-electron chi connectivity index (χ3n) is 3.15. The largest absolute Gasteiger partial charge is 0.368 e. The maximum absolute atomic E-state index is 11.4. The summed E-state index contributed by atoms with van der Waals surface area (Å²) in [5.41, 5.74) is 2.34. The molecule has 1 saturated heterocycles. The molecule has 1 aromatic carbocycles. The zero-order valence-electron chi connectivity index (χ0n) is 10.6. The lowest BCUT2D eigenvalue weighted by Gasteiger charge is -2.35. The average Bonchev–Trinajstić information content (AvgIpc) is 2.28. The van der Waals surface area contributed by atoms with Crippen molar-refractivity contribution in [2.24, 2.45) is 0 Å². The fraction of sp³-hybridized carbons (Fsp3) is 0.500. The summed E-state index contributed by atoms with van der Waals surface area (Å²) in [7, 11) is -3.05. The minimum absolute atomic E-state index is 0.555. The van der Waals surface area contributed by atoms with Crippen LogP contribution in [-0.4, -0.2) is 45.2 Å². The Labute approximate surface area is 117 Å². The predicted molar refractivity (Wildman–Crippen MR) is 77.5 cm³/mol. The lowest BCUT2D eigenvalue weighted by molar-refractivity contribution is 0.388. The van der Waals surface area contributed by atoms with Gasteiger partial charge in [0.25, 0.3) is 0 Å². The molecule has 1 aliphatic heterocycles. The van der Waals surface area contributed by atoms with Crippen molar-refractivity contribution in [1.29, 1.82) is 0 Å². The Morgan fingerprint density at radius 3 is 2.28 bits per heavy atom. The molecule has 4 nitrogen and oxygen atoms in total. The number of aryl methyl sites for hydroxylation is 1. The number of rotatable bonds is 2. The van der Waals surface area contributed by atoms with Gasteiger partial charge in [-0.15, -0.1) is 0 Å². The van der Waals surface area contributed by atoms with E-state index in [1.165, 1.54) is 16.1 Å². The first-order valence-corrected chi connectivity index (χ1v) is 8.48. The van der Waals surface area contributed by atoms with Gasteiger partial charge in [0.2, 0.25) is 10.0 Å². The summed E-state index contributed by atoms with van der Waals surface area (Å²) in [4.78, 5) is 2.21. The maximum atomic E-state index is 11.4. The van der Waals surface area contributed by atoms with Crippen molar-refractivity contribution in [3.8, 4) is 0 Å². The molecule has 0 saturated carbocycles. The van der Waals surface area contributed by atoms with Crippen molar-refractivity contribution in [2.45, 2.75) is 6.92 Å². The van der Waals surface area contributed by atoms with Crippen LogP contribution in [-0.2, 0) is 10.0 Å². The molecule has 100 valence electrons. The number of halogens is 1. The topological polar surface area (TPSA) is 40.6 Å². The third kappa shape index (κ3) is 3.05. The van der Waals surface area contributed by atoms with Crippen molar-refractivity contribution in [3.63, 3.8) is 0 Å². The van der Waals surface area contributed by atoms with E-state index in [1.54, 1.807) is 0 Å². The summed E-state index contributed by atoms with van der Waals surface area (Å²) in [5.74, 6) is 0. The highest BCUT2D eigenvalue weighted by molar-refractivity contribution is 9.10. The summed E-state index contributed by atoms with van der Waals surface area (Å²) in [6.45, 7) is 4.62. The molecular weight excluding hydrogens is 316 g/mol. The quantitative estimate of drug-likeness (QED) is 0.829. The number of hydrogen-bond acceptors (Lipinski definition) is 3. The van der Waals surface area contributed by atoms with Gasteiger partial charge in [0, 0.05) is 30.7 Å². The van der Waals surface area contributed by atoms with Crippen LogP contribution >= 0.6 is 15.9 Å². The zero-order chi connectivity index (χ0) is 13.3. The third-order valence-corrected chi connectivity index (χ3v) is 5.09. The monoisotopic (exact) mass is 332 g/mol. The highest BCUT2D eigenvalue weighted by Gasteiger charge is 2.24. The maximum Gasteiger partial charge on any atom is 0.211 e. The summed E-state index contributed by atoms with van der Waals surface area (Å²) in [6, 6.07) is 6.23. The SMILES string of the molecule is Cc1ccc(N2CCN(S(C)(=O)=O)CC2)c(Br)c1. The molecule has 2 rings (SSSR count). The second kappa shape index (κ2) is 5.19. The van der Waals surface area contributed by atoms with E-state index in [1.807, 2.05) is 0 Å². The van der Waals surface area contributed by atoms with E-state index in [9.17, 15) is 8.42 Å². The van der Waals surface area contributed by atoms with Crippen LogP contribution in [0.4, 0.5) is 5.69 Å².